The summed E-state index contributed by atoms with van der Waals surface area (Å²) in [7, 11) is 0. The van der Waals surface area contributed by atoms with Gasteiger partial charge in [-0.2, -0.15) is 0 Å². The zero-order chi connectivity index (χ0) is 75.6. The lowest BCUT2D eigenvalue weighted by Gasteiger charge is -2.20. The Morgan fingerprint density at radius 3 is 0.824 bits per heavy atom. The lowest BCUT2D eigenvalue weighted by atomic mass is 9.87. The largest absolute Gasteiger partial charge is 0.508 e. The topological polar surface area (TPSA) is 127 Å². The van der Waals surface area contributed by atoms with Gasteiger partial charge < -0.3 is 44.1 Å². The number of hydrogen-bond donors (Lipinski definition) is 4. The van der Waals surface area contributed by atoms with Crippen molar-refractivity contribution in [2.24, 2.45) is 10.8 Å². The van der Waals surface area contributed by atoms with Gasteiger partial charge in [0.2, 0.25) is 0 Å². The van der Waals surface area contributed by atoms with Crippen molar-refractivity contribution >= 4 is 31.9 Å². The van der Waals surface area contributed by atoms with E-state index in [1.54, 1.807) is 0 Å². The van der Waals surface area contributed by atoms with E-state index in [1.165, 1.54) is 148 Å². The third-order valence-corrected chi connectivity index (χ3v) is 17.1. The van der Waals surface area contributed by atoms with Gasteiger partial charge in [-0.05, 0) is 227 Å². The number of aromatic hydroxyl groups is 2. The first-order chi connectivity index (χ1) is 48.4. The fourth-order valence-corrected chi connectivity index (χ4v) is 12.5. The molecular weight excluding hydrogens is 1400 g/mol. The summed E-state index contributed by atoms with van der Waals surface area (Å²) in [5.41, 5.74) is 20.9. The number of alkyl halides is 2. The van der Waals surface area contributed by atoms with E-state index in [9.17, 15) is 0 Å². The van der Waals surface area contributed by atoms with Crippen LogP contribution in [0, 0.1) is 73.1 Å². The van der Waals surface area contributed by atoms with E-state index in [-0.39, 0.29) is 30.1 Å². The van der Waals surface area contributed by atoms with Gasteiger partial charge in [-0.15, -0.1) is 0 Å². The molecule has 0 amide bonds. The van der Waals surface area contributed by atoms with Gasteiger partial charge in [0.1, 0.15) is 53.5 Å². The third-order valence-electron chi connectivity index (χ3n) is 15.8. The standard InChI is InChI=1S/C39H56O4.C18H30O.2C9H11Br.C9H12O.C7H8O3/c1-8-10-12-14-16-40-35-20-30(3)18-33(24-35)28-42-37-22-32(27-39(5,6)7)23-38(26-37)43-29-34-19-31(4)21-36(25-34)41-17-15-13-11-9-2;1-6-7-8-9-10-19-17-12-15(2)11-16(13-17)14-18(3,4)5;3*1-7-3-8(2)5-9(4-7)6-10;8-4-5-1-6(9)3-7(10)2-5/h18-26H,8-17,27-29H2,1-7H3;11-13H,6-10,14H2,1-5H3;2*3-5H,6H2,1-2H3;3-5,10H,6H2,1-2H3;1-3,8-10H,4H2. The summed E-state index contributed by atoms with van der Waals surface area (Å²) < 4.78 is 30.7. The number of ether oxygens (including phenoxy) is 5. The van der Waals surface area contributed by atoms with Gasteiger partial charge in [-0.3, -0.25) is 0 Å². The second kappa shape index (κ2) is 49.1. The molecule has 560 valence electrons. The molecule has 0 unspecified atom stereocenters. The normalized spacial score (nSPS) is 10.8. The van der Waals surface area contributed by atoms with Crippen LogP contribution in [0.4, 0.5) is 0 Å². The Kier molecular flexibility index (Phi) is 43.0. The van der Waals surface area contributed by atoms with Crippen molar-refractivity contribution in [3.8, 4) is 40.2 Å². The molecule has 102 heavy (non-hydrogen) atoms. The van der Waals surface area contributed by atoms with Crippen molar-refractivity contribution < 1.29 is 44.1 Å². The van der Waals surface area contributed by atoms with E-state index >= 15 is 0 Å². The van der Waals surface area contributed by atoms with Crippen LogP contribution < -0.4 is 23.7 Å². The van der Waals surface area contributed by atoms with Crippen molar-refractivity contribution in [1.82, 2.24) is 0 Å². The first-order valence-corrected chi connectivity index (χ1v) is 39.3. The van der Waals surface area contributed by atoms with Crippen molar-refractivity contribution in [2.75, 3.05) is 19.8 Å². The molecule has 0 saturated heterocycles. The lowest BCUT2D eigenvalue weighted by molar-refractivity contribution is 0.280. The Bertz CT molecular complexity index is 3280. The van der Waals surface area contributed by atoms with Crippen molar-refractivity contribution in [3.05, 3.63) is 240 Å². The summed E-state index contributed by atoms with van der Waals surface area (Å²) in [6, 6.07) is 48.9. The number of aliphatic hydroxyl groups excluding tert-OH is 2. The van der Waals surface area contributed by atoms with Crippen LogP contribution in [0.5, 0.6) is 40.2 Å². The Morgan fingerprint density at radius 2 is 0.529 bits per heavy atom. The number of unbranched alkanes of at least 4 members (excludes halogenated alkanes) is 9. The molecular formula is C91H128Br2O9. The number of halogens is 2. The molecule has 0 radical (unpaired) electrons. The molecule has 0 fully saturated rings. The Balaban J connectivity index is 0.000000371. The molecule has 0 saturated carbocycles. The number of aliphatic hydroxyl groups is 2. The fourth-order valence-electron chi connectivity index (χ4n) is 11.8. The fraction of sp³-hybridized carbons (Fsp3) is 0.473. The van der Waals surface area contributed by atoms with Crippen LogP contribution in [0.25, 0.3) is 0 Å². The maximum atomic E-state index is 8.85. The number of benzene rings is 8. The van der Waals surface area contributed by atoms with E-state index in [0.717, 1.165) is 108 Å². The van der Waals surface area contributed by atoms with E-state index < -0.39 is 0 Å². The summed E-state index contributed by atoms with van der Waals surface area (Å²) in [4.78, 5) is 0. The molecule has 0 heterocycles. The van der Waals surface area contributed by atoms with Crippen LogP contribution in [0.1, 0.15) is 234 Å². The molecule has 8 rings (SSSR count). The summed E-state index contributed by atoms with van der Waals surface area (Å²) in [5.74, 6) is 4.44. The van der Waals surface area contributed by atoms with E-state index in [0.29, 0.717) is 24.2 Å². The molecule has 0 aliphatic heterocycles. The van der Waals surface area contributed by atoms with Crippen LogP contribution in [0.15, 0.2) is 146 Å². The van der Waals surface area contributed by atoms with Gasteiger partial charge >= 0.3 is 0 Å². The highest BCUT2D eigenvalue weighted by atomic mass is 79.9. The molecule has 0 aliphatic rings. The van der Waals surface area contributed by atoms with Crippen molar-refractivity contribution in [2.45, 2.75) is 252 Å². The number of phenols is 2. The zero-order valence-corrected chi connectivity index (χ0v) is 68.9. The predicted octanol–water partition coefficient (Wildman–Crippen LogP) is 25.3. The number of aryl methyl sites for hydroxylation is 9. The number of phenolic OH excluding ortho intramolecular Hbond substituents is 2. The molecule has 4 N–H and O–H groups in total. The quantitative estimate of drug-likeness (QED) is 0.0257. The Morgan fingerprint density at radius 1 is 0.275 bits per heavy atom. The monoisotopic (exact) mass is 1520 g/mol. The van der Waals surface area contributed by atoms with Gasteiger partial charge in [-0.25, -0.2) is 0 Å². The minimum atomic E-state index is -0.179. The molecule has 0 aliphatic carbocycles. The first kappa shape index (κ1) is 89.5. The molecule has 0 aromatic heterocycles. The second-order valence-corrected chi connectivity index (χ2v) is 31.1. The summed E-state index contributed by atoms with van der Waals surface area (Å²) in [5, 5.41) is 37.0. The molecule has 8 aromatic rings. The summed E-state index contributed by atoms with van der Waals surface area (Å²) in [6.45, 7) is 42.5. The maximum absolute atomic E-state index is 8.85. The highest BCUT2D eigenvalue weighted by Crippen LogP contribution is 2.32. The molecule has 8 aromatic carbocycles. The van der Waals surface area contributed by atoms with Crippen LogP contribution in [-0.4, -0.2) is 40.2 Å². The number of rotatable bonds is 30. The van der Waals surface area contributed by atoms with Crippen molar-refractivity contribution in [1.29, 1.82) is 0 Å². The highest BCUT2D eigenvalue weighted by Gasteiger charge is 2.16. The zero-order valence-electron chi connectivity index (χ0n) is 65.7. The van der Waals surface area contributed by atoms with Gasteiger partial charge in [-0.1, -0.05) is 258 Å². The minimum absolute atomic E-state index is 0.0379. The maximum Gasteiger partial charge on any atom is 0.123 e. The predicted molar refractivity (Wildman–Crippen MR) is 438 cm³/mol. The van der Waals surface area contributed by atoms with Gasteiger partial charge in [0, 0.05) is 22.8 Å². The number of hydrogen-bond acceptors (Lipinski definition) is 9. The SMILES string of the molecule is CCCCCCOc1cc(C)cc(CC(C)(C)C)c1.CCCCCCOc1cc(C)cc(COc2cc(CC(C)(C)C)cc(OCc3cc(C)cc(OCCCCCC)c3)c2)c1.Cc1cc(C)cc(CBr)c1.Cc1cc(C)cc(CBr)c1.Cc1cc(C)cc(CO)c1.OCc1cc(O)cc(O)c1. The minimum Gasteiger partial charge on any atom is -0.508 e. The van der Waals surface area contributed by atoms with Crippen molar-refractivity contribution in [3.63, 3.8) is 0 Å². The van der Waals surface area contributed by atoms with E-state index in [4.69, 9.17) is 44.1 Å². The molecule has 9 nitrogen and oxygen atoms in total. The first-order valence-electron chi connectivity index (χ1n) is 37.1. The average Bonchev–Trinajstić information content (AvgIpc) is 0.832. The molecule has 11 heteroatoms. The van der Waals surface area contributed by atoms with Crippen LogP contribution >= 0.6 is 31.9 Å². The average molecular weight is 1530 g/mol. The summed E-state index contributed by atoms with van der Waals surface area (Å²) in [6.07, 6.45) is 16.7. The van der Waals surface area contributed by atoms with Crippen LogP contribution in [-0.2, 0) is 49.9 Å². The highest BCUT2D eigenvalue weighted by molar-refractivity contribution is 9.08. The summed E-state index contributed by atoms with van der Waals surface area (Å²) >= 11 is 6.85. The molecule has 0 bridgehead atoms. The smallest absolute Gasteiger partial charge is 0.123 e. The van der Waals surface area contributed by atoms with Gasteiger partial charge in [0.05, 0.1) is 33.0 Å². The van der Waals surface area contributed by atoms with E-state index in [1.807, 2.05) is 32.0 Å². The Labute approximate surface area is 634 Å². The van der Waals surface area contributed by atoms with Gasteiger partial charge in [0.15, 0.2) is 0 Å². The van der Waals surface area contributed by atoms with E-state index in [2.05, 4.69) is 252 Å². The van der Waals surface area contributed by atoms with Crippen LogP contribution in [0.2, 0.25) is 0 Å². The van der Waals surface area contributed by atoms with Crippen LogP contribution in [0.3, 0.4) is 0 Å². The Hall–Kier alpha value is -6.76. The molecule has 0 spiro atoms. The molecule has 0 atom stereocenters. The van der Waals surface area contributed by atoms with Gasteiger partial charge in [0.25, 0.3) is 0 Å². The third kappa shape index (κ3) is 41.5. The second-order valence-electron chi connectivity index (χ2n) is 30.0. The lowest BCUT2D eigenvalue weighted by Crippen LogP contribution is -2.09.